The number of rotatable bonds is 15. The van der Waals surface area contributed by atoms with Crippen molar-refractivity contribution in [1.29, 1.82) is 0 Å². The first kappa shape index (κ1) is 36.1. The first-order valence-corrected chi connectivity index (χ1v) is 16.0. The molecular weight excluding hydrogens is 627 g/mol. The van der Waals surface area contributed by atoms with E-state index < -0.39 is 24.7 Å². The second kappa shape index (κ2) is 16.9. The molecule has 1 unspecified atom stereocenters. The van der Waals surface area contributed by atoms with E-state index in [4.69, 9.17) is 4.74 Å². The van der Waals surface area contributed by atoms with Crippen LogP contribution >= 0.6 is 0 Å². The van der Waals surface area contributed by atoms with Crippen LogP contribution in [0.4, 0.5) is 24.5 Å². The van der Waals surface area contributed by atoms with E-state index in [2.05, 4.69) is 27.8 Å². The van der Waals surface area contributed by atoms with Crippen LogP contribution in [0.25, 0.3) is 10.9 Å². The molecule has 10 nitrogen and oxygen atoms in total. The summed E-state index contributed by atoms with van der Waals surface area (Å²) in [6.45, 7) is 0.0768. The molecule has 1 amide bonds. The van der Waals surface area contributed by atoms with Crippen LogP contribution in [0.3, 0.4) is 0 Å². The number of nitrogens with zero attached hydrogens (tertiary/aromatic N) is 2. The largest absolute Gasteiger partial charge is 0.495 e. The van der Waals surface area contributed by atoms with Gasteiger partial charge >= 0.3 is 12.1 Å². The fourth-order valence-corrected chi connectivity index (χ4v) is 6.04. The average Bonchev–Trinajstić information content (AvgIpc) is 3.41. The number of carboxylic acids is 1. The van der Waals surface area contributed by atoms with Gasteiger partial charge in [-0.15, -0.1) is 0 Å². The van der Waals surface area contributed by atoms with Gasteiger partial charge in [-0.2, -0.15) is 13.2 Å². The Kier molecular flexibility index (Phi) is 12.7. The third kappa shape index (κ3) is 9.67. The van der Waals surface area contributed by atoms with E-state index in [0.29, 0.717) is 72.4 Å². The van der Waals surface area contributed by atoms with E-state index in [1.807, 2.05) is 11.0 Å². The summed E-state index contributed by atoms with van der Waals surface area (Å²) in [6.07, 6.45) is 1.09. The third-order valence-corrected chi connectivity index (χ3v) is 8.47. The second-order valence-corrected chi connectivity index (χ2v) is 11.7. The van der Waals surface area contributed by atoms with Gasteiger partial charge in [-0.1, -0.05) is 24.8 Å². The van der Waals surface area contributed by atoms with Gasteiger partial charge < -0.3 is 35.2 Å². The van der Waals surface area contributed by atoms with Gasteiger partial charge in [0.05, 0.1) is 30.6 Å². The summed E-state index contributed by atoms with van der Waals surface area (Å²) in [7, 11) is 3.00. The number of alkyl halides is 3. The van der Waals surface area contributed by atoms with E-state index in [-0.39, 0.29) is 24.2 Å². The molecule has 0 bridgehead atoms. The Hall–Kier alpha value is -4.70. The number of methoxy groups -OCH3 is 1. The number of unbranched alkanes of at least 4 members (excludes halogenated alkanes) is 3. The highest BCUT2D eigenvalue weighted by Crippen LogP contribution is 2.32. The predicted octanol–water partition coefficient (Wildman–Crippen LogP) is 5.51. The molecule has 0 saturated carbocycles. The number of aromatic nitrogens is 1. The number of halogens is 3. The minimum Gasteiger partial charge on any atom is -0.495 e. The molecule has 4 N–H and O–H groups in total. The van der Waals surface area contributed by atoms with Crippen molar-refractivity contribution in [2.45, 2.75) is 69.8 Å². The molecule has 1 fully saturated rings. The number of benzene rings is 2. The van der Waals surface area contributed by atoms with Crippen LogP contribution in [-0.4, -0.2) is 84.8 Å². The Morgan fingerprint density at radius 3 is 2.54 bits per heavy atom. The normalized spacial score (nSPS) is 14.5. The molecule has 2 aromatic carbocycles. The van der Waals surface area contributed by atoms with Gasteiger partial charge in [-0.3, -0.25) is 14.5 Å². The lowest BCUT2D eigenvalue weighted by atomic mass is 9.99. The lowest BCUT2D eigenvalue weighted by molar-refractivity contribution is -0.144. The molecule has 4 rings (SSSR count). The maximum Gasteiger partial charge on any atom is 0.406 e. The molecule has 1 saturated heterocycles. The van der Waals surface area contributed by atoms with E-state index >= 15 is 0 Å². The van der Waals surface area contributed by atoms with Gasteiger partial charge in [0, 0.05) is 49.2 Å². The number of fused-ring (bicyclic) bond motifs is 1. The van der Waals surface area contributed by atoms with Gasteiger partial charge in [0.25, 0.3) is 5.91 Å². The fourth-order valence-electron chi connectivity index (χ4n) is 6.04. The van der Waals surface area contributed by atoms with Crippen molar-refractivity contribution in [2.75, 3.05) is 44.4 Å². The van der Waals surface area contributed by atoms with Crippen LogP contribution in [0.5, 0.6) is 5.75 Å². The van der Waals surface area contributed by atoms with Gasteiger partial charge in [0.15, 0.2) is 0 Å². The average molecular weight is 670 g/mol. The van der Waals surface area contributed by atoms with Gasteiger partial charge in [0.1, 0.15) is 24.6 Å². The summed E-state index contributed by atoms with van der Waals surface area (Å²) in [5.41, 5.74) is 2.31. The Balaban J connectivity index is 1.47. The number of anilines is 2. The number of carboxylic acid groups (broad SMARTS) is 1. The van der Waals surface area contributed by atoms with Crippen molar-refractivity contribution in [1.82, 2.24) is 14.8 Å². The molecule has 1 aromatic heterocycles. The summed E-state index contributed by atoms with van der Waals surface area (Å²) in [6, 6.07) is 11.2. The number of nitrogens with one attached hydrogen (secondary N) is 3. The SMILES string of the molecule is CNC(=O)c1ccc(NCC#Cc2cc3c(NC4CCN(C(CCCCCC=O)C(=O)O)CC4)cccc3n2CC(F)(F)F)c(OC)c1. The number of ether oxygens (including phenoxy) is 1. The smallest absolute Gasteiger partial charge is 0.406 e. The van der Waals surface area contributed by atoms with E-state index in [9.17, 15) is 32.7 Å². The highest BCUT2D eigenvalue weighted by molar-refractivity contribution is 5.95. The molecule has 1 aliphatic rings. The van der Waals surface area contributed by atoms with E-state index in [1.54, 1.807) is 36.4 Å². The zero-order valence-corrected chi connectivity index (χ0v) is 27.2. The van der Waals surface area contributed by atoms with Gasteiger partial charge in [0.2, 0.25) is 0 Å². The summed E-state index contributed by atoms with van der Waals surface area (Å²) in [5, 5.41) is 19.6. The summed E-state index contributed by atoms with van der Waals surface area (Å²) in [5.74, 6) is 5.12. The van der Waals surface area contributed by atoms with Crippen molar-refractivity contribution in [3.63, 3.8) is 0 Å². The second-order valence-electron chi connectivity index (χ2n) is 11.7. The number of likely N-dealkylation sites (tertiary alicyclic amines) is 1. The fraction of sp³-hybridized carbons (Fsp3) is 0.457. The van der Waals surface area contributed by atoms with Crippen LogP contribution < -0.4 is 20.7 Å². The molecule has 0 spiro atoms. The maximum atomic E-state index is 13.7. The van der Waals surface area contributed by atoms with Gasteiger partial charge in [-0.25, -0.2) is 0 Å². The first-order valence-electron chi connectivity index (χ1n) is 16.0. The highest BCUT2D eigenvalue weighted by atomic mass is 19.4. The topological polar surface area (TPSA) is 125 Å². The van der Waals surface area contributed by atoms with Crippen molar-refractivity contribution >= 4 is 40.4 Å². The number of carbonyl (C=O) groups is 3. The highest BCUT2D eigenvalue weighted by Gasteiger charge is 2.31. The Morgan fingerprint density at radius 2 is 1.88 bits per heavy atom. The standard InChI is InChI=1S/C35H42F3N5O5/c1-39-33(45)24-13-14-29(32(21-24)48-2)40-17-8-9-26-22-27-28(10-7-12-30(27)43(26)23-35(36,37)38)41-25-15-18-42(19-16-25)31(34(46)47)11-5-3-4-6-20-44/h7,10,12-14,20-22,25,31,40-41H,3-6,11,15-19,23H2,1-2H3,(H,39,45)(H,46,47). The number of hydrogen-bond acceptors (Lipinski definition) is 7. The molecule has 48 heavy (non-hydrogen) atoms. The number of hydrogen-bond donors (Lipinski definition) is 4. The molecule has 258 valence electrons. The van der Waals surface area contributed by atoms with Crippen LogP contribution in [-0.2, 0) is 16.1 Å². The molecule has 0 aliphatic carbocycles. The van der Waals surface area contributed by atoms with Crippen molar-refractivity contribution < 1.29 is 37.4 Å². The maximum absolute atomic E-state index is 13.7. The summed E-state index contributed by atoms with van der Waals surface area (Å²) in [4.78, 5) is 36.4. The molecule has 2 heterocycles. The minimum atomic E-state index is -4.47. The van der Waals surface area contributed by atoms with Crippen LogP contribution in [0, 0.1) is 11.8 Å². The molecule has 0 radical (unpaired) electrons. The van der Waals surface area contributed by atoms with Crippen molar-refractivity contribution in [2.24, 2.45) is 0 Å². The van der Waals surface area contributed by atoms with Crippen LogP contribution in [0.2, 0.25) is 0 Å². The Bertz CT molecular complexity index is 1640. The number of aliphatic carboxylic acids is 1. The van der Waals surface area contributed by atoms with Crippen molar-refractivity contribution in [3.8, 4) is 17.6 Å². The van der Waals surface area contributed by atoms with E-state index in [0.717, 1.165) is 25.5 Å². The third-order valence-electron chi connectivity index (χ3n) is 8.47. The predicted molar refractivity (Wildman–Crippen MR) is 179 cm³/mol. The van der Waals surface area contributed by atoms with E-state index in [1.165, 1.54) is 18.7 Å². The number of aldehydes is 1. The molecular formula is C35H42F3N5O5. The molecule has 1 atom stereocenters. The number of carbonyl (C=O) groups excluding carboxylic acids is 2. The van der Waals surface area contributed by atoms with Crippen LogP contribution in [0.15, 0.2) is 42.5 Å². The number of amides is 1. The van der Waals surface area contributed by atoms with Crippen LogP contribution in [0.1, 0.15) is 61.0 Å². The minimum absolute atomic E-state index is 0.0170. The Labute approximate surface area is 278 Å². The lowest BCUT2D eigenvalue weighted by Gasteiger charge is -2.36. The lowest BCUT2D eigenvalue weighted by Crippen LogP contribution is -2.48. The molecule has 13 heteroatoms. The summed E-state index contributed by atoms with van der Waals surface area (Å²) >= 11 is 0. The Morgan fingerprint density at radius 1 is 1.10 bits per heavy atom. The number of piperidine rings is 1. The zero-order valence-electron chi connectivity index (χ0n) is 27.2. The van der Waals surface area contributed by atoms with Gasteiger partial charge in [-0.05, 0) is 68.0 Å². The zero-order chi connectivity index (χ0) is 34.7. The molecule has 1 aliphatic heterocycles. The summed E-state index contributed by atoms with van der Waals surface area (Å²) < 4.78 is 47.6. The monoisotopic (exact) mass is 669 g/mol. The molecule has 3 aromatic rings. The quantitative estimate of drug-likeness (QED) is 0.0949. The van der Waals surface area contributed by atoms with Crippen molar-refractivity contribution in [3.05, 3.63) is 53.7 Å². The first-order chi connectivity index (χ1) is 23.0.